The van der Waals surface area contributed by atoms with Crippen LogP contribution in [0.15, 0.2) is 42.5 Å². The average Bonchev–Trinajstić information content (AvgIpc) is 2.49. The second-order valence-electron chi connectivity index (χ2n) is 5.07. The molecule has 2 aromatic carbocycles. The number of carbonyl (C=O) groups excluding carboxylic acids is 1. The van der Waals surface area contributed by atoms with Crippen LogP contribution in [0.3, 0.4) is 0 Å². The van der Waals surface area contributed by atoms with E-state index in [0.717, 1.165) is 0 Å². The number of rotatable bonds is 4. The van der Waals surface area contributed by atoms with Gasteiger partial charge in [0.25, 0.3) is 0 Å². The van der Waals surface area contributed by atoms with Crippen molar-refractivity contribution in [3.8, 4) is 11.5 Å². The lowest BCUT2D eigenvalue weighted by Gasteiger charge is -2.11. The van der Waals surface area contributed by atoms with Crippen molar-refractivity contribution < 1.29 is 14.3 Å². The van der Waals surface area contributed by atoms with Crippen molar-refractivity contribution >= 4 is 11.7 Å². The summed E-state index contributed by atoms with van der Waals surface area (Å²) in [6.45, 7) is 4.28. The molecular formula is C17H19NO3. The molecule has 0 saturated carbocycles. The third-order valence-electron chi connectivity index (χ3n) is 3.21. The van der Waals surface area contributed by atoms with Crippen molar-refractivity contribution in [2.45, 2.75) is 19.8 Å². The summed E-state index contributed by atoms with van der Waals surface area (Å²) >= 11 is 0. The molecule has 0 aliphatic carbocycles. The summed E-state index contributed by atoms with van der Waals surface area (Å²) in [4.78, 5) is 11.4. The van der Waals surface area contributed by atoms with E-state index in [2.05, 4.69) is 18.6 Å². The molecule has 0 amide bonds. The van der Waals surface area contributed by atoms with Crippen LogP contribution in [0.5, 0.6) is 11.5 Å². The highest BCUT2D eigenvalue weighted by Gasteiger charge is 2.09. The molecule has 0 heterocycles. The van der Waals surface area contributed by atoms with Crippen molar-refractivity contribution in [2.75, 3.05) is 12.8 Å². The Hall–Kier alpha value is -2.49. The summed E-state index contributed by atoms with van der Waals surface area (Å²) in [6.07, 6.45) is 0. The molecule has 2 N–H and O–H groups in total. The van der Waals surface area contributed by atoms with Gasteiger partial charge in [-0.2, -0.15) is 0 Å². The van der Waals surface area contributed by atoms with E-state index in [0.29, 0.717) is 28.7 Å². The summed E-state index contributed by atoms with van der Waals surface area (Å²) in [7, 11) is 1.33. The van der Waals surface area contributed by atoms with Gasteiger partial charge in [0.2, 0.25) is 0 Å². The van der Waals surface area contributed by atoms with E-state index in [1.165, 1.54) is 12.7 Å². The number of benzene rings is 2. The number of anilines is 1. The fourth-order valence-electron chi connectivity index (χ4n) is 1.93. The molecule has 0 saturated heterocycles. The van der Waals surface area contributed by atoms with Crippen LogP contribution in [-0.2, 0) is 4.74 Å². The Bertz CT molecular complexity index is 633. The molecular weight excluding hydrogens is 266 g/mol. The highest BCUT2D eigenvalue weighted by Crippen LogP contribution is 2.29. The Kier molecular flexibility index (Phi) is 4.48. The quantitative estimate of drug-likeness (QED) is 0.682. The smallest absolute Gasteiger partial charge is 0.337 e. The monoisotopic (exact) mass is 285 g/mol. The summed E-state index contributed by atoms with van der Waals surface area (Å²) < 4.78 is 10.4. The Morgan fingerprint density at radius 3 is 2.29 bits per heavy atom. The number of nitrogens with two attached hydrogens (primary N) is 1. The van der Waals surface area contributed by atoms with Crippen LogP contribution < -0.4 is 10.5 Å². The second kappa shape index (κ2) is 6.31. The fourth-order valence-corrected chi connectivity index (χ4v) is 1.93. The number of hydrogen-bond acceptors (Lipinski definition) is 4. The van der Waals surface area contributed by atoms with Crippen LogP contribution in [0.4, 0.5) is 5.69 Å². The van der Waals surface area contributed by atoms with Crippen LogP contribution in [0, 0.1) is 0 Å². The normalized spacial score (nSPS) is 10.5. The first-order valence-corrected chi connectivity index (χ1v) is 6.77. The number of nitrogen functional groups attached to an aromatic ring is 1. The van der Waals surface area contributed by atoms with E-state index >= 15 is 0 Å². The maximum absolute atomic E-state index is 11.4. The van der Waals surface area contributed by atoms with Gasteiger partial charge in [0.05, 0.1) is 18.4 Å². The Labute approximate surface area is 124 Å². The molecule has 2 aromatic rings. The number of methoxy groups -OCH3 is 1. The van der Waals surface area contributed by atoms with Crippen LogP contribution >= 0.6 is 0 Å². The minimum Gasteiger partial charge on any atom is -0.465 e. The van der Waals surface area contributed by atoms with Gasteiger partial charge in [0, 0.05) is 0 Å². The predicted octanol–water partition coefficient (Wildman–Crippen LogP) is 3.97. The van der Waals surface area contributed by atoms with Crippen molar-refractivity contribution in [3.63, 3.8) is 0 Å². The molecule has 4 heteroatoms. The van der Waals surface area contributed by atoms with Gasteiger partial charge in [-0.15, -0.1) is 0 Å². The maximum Gasteiger partial charge on any atom is 0.337 e. The summed E-state index contributed by atoms with van der Waals surface area (Å²) in [5.74, 6) is 1.27. The molecule has 110 valence electrons. The topological polar surface area (TPSA) is 61.5 Å². The molecule has 0 unspecified atom stereocenters. The summed E-state index contributed by atoms with van der Waals surface area (Å²) in [6, 6.07) is 12.7. The van der Waals surface area contributed by atoms with Gasteiger partial charge >= 0.3 is 5.97 Å². The zero-order valence-corrected chi connectivity index (χ0v) is 12.4. The Morgan fingerprint density at radius 1 is 1.10 bits per heavy atom. The Balaban J connectivity index is 2.18. The minimum absolute atomic E-state index is 0.394. The number of ether oxygens (including phenoxy) is 2. The molecule has 21 heavy (non-hydrogen) atoms. The fraction of sp³-hybridized carbons (Fsp3) is 0.235. The van der Waals surface area contributed by atoms with E-state index in [4.69, 9.17) is 10.5 Å². The number of carbonyl (C=O) groups is 1. The van der Waals surface area contributed by atoms with Gasteiger partial charge in [-0.3, -0.25) is 0 Å². The maximum atomic E-state index is 11.4. The molecule has 0 aromatic heterocycles. The molecule has 4 nitrogen and oxygen atoms in total. The molecule has 0 aliphatic rings. The first-order chi connectivity index (χ1) is 10.0. The first-order valence-electron chi connectivity index (χ1n) is 6.77. The zero-order chi connectivity index (χ0) is 15.4. The van der Waals surface area contributed by atoms with Crippen LogP contribution in [0.1, 0.15) is 35.7 Å². The molecule has 0 aliphatic heterocycles. The molecule has 0 bridgehead atoms. The van der Waals surface area contributed by atoms with Gasteiger partial charge in [-0.05, 0) is 41.8 Å². The molecule has 0 spiro atoms. The van der Waals surface area contributed by atoms with Crippen LogP contribution in [0.25, 0.3) is 0 Å². The van der Waals surface area contributed by atoms with Crippen molar-refractivity contribution in [2.24, 2.45) is 0 Å². The van der Waals surface area contributed by atoms with Crippen LogP contribution in [0.2, 0.25) is 0 Å². The van der Waals surface area contributed by atoms with Gasteiger partial charge < -0.3 is 15.2 Å². The standard InChI is InChI=1S/C17H19NO3/c1-11(2)12-4-7-14(8-5-12)21-16-9-6-13(10-15(16)18)17(19)20-3/h4-11H,18H2,1-3H3. The first kappa shape index (κ1) is 14.9. The van der Waals surface area contributed by atoms with Gasteiger partial charge in [0.15, 0.2) is 0 Å². The van der Waals surface area contributed by atoms with Gasteiger partial charge in [-0.1, -0.05) is 26.0 Å². The van der Waals surface area contributed by atoms with E-state index < -0.39 is 5.97 Å². The third kappa shape index (κ3) is 3.54. The Morgan fingerprint density at radius 2 is 1.76 bits per heavy atom. The highest BCUT2D eigenvalue weighted by atomic mass is 16.5. The van der Waals surface area contributed by atoms with Gasteiger partial charge in [0.1, 0.15) is 11.5 Å². The molecule has 0 atom stereocenters. The van der Waals surface area contributed by atoms with E-state index in [9.17, 15) is 4.79 Å². The van der Waals surface area contributed by atoms with E-state index in [1.807, 2.05) is 24.3 Å². The molecule has 2 rings (SSSR count). The minimum atomic E-state index is -0.422. The molecule has 0 radical (unpaired) electrons. The largest absolute Gasteiger partial charge is 0.465 e. The third-order valence-corrected chi connectivity index (χ3v) is 3.21. The lowest BCUT2D eigenvalue weighted by atomic mass is 10.0. The molecule has 0 fully saturated rings. The van der Waals surface area contributed by atoms with Crippen molar-refractivity contribution in [1.82, 2.24) is 0 Å². The second-order valence-corrected chi connectivity index (χ2v) is 5.07. The number of esters is 1. The SMILES string of the molecule is COC(=O)c1ccc(Oc2ccc(C(C)C)cc2)c(N)c1. The highest BCUT2D eigenvalue weighted by molar-refractivity contribution is 5.90. The average molecular weight is 285 g/mol. The van der Waals surface area contributed by atoms with E-state index in [1.54, 1.807) is 18.2 Å². The number of hydrogen-bond donors (Lipinski definition) is 1. The predicted molar refractivity (Wildman–Crippen MR) is 82.8 cm³/mol. The van der Waals surface area contributed by atoms with Crippen molar-refractivity contribution in [3.05, 3.63) is 53.6 Å². The van der Waals surface area contributed by atoms with Crippen molar-refractivity contribution in [1.29, 1.82) is 0 Å². The summed E-state index contributed by atoms with van der Waals surface area (Å²) in [5.41, 5.74) is 7.95. The lowest BCUT2D eigenvalue weighted by molar-refractivity contribution is 0.0601. The van der Waals surface area contributed by atoms with Crippen LogP contribution in [-0.4, -0.2) is 13.1 Å². The van der Waals surface area contributed by atoms with E-state index in [-0.39, 0.29) is 0 Å². The van der Waals surface area contributed by atoms with Gasteiger partial charge in [-0.25, -0.2) is 4.79 Å². The zero-order valence-electron chi connectivity index (χ0n) is 12.4. The summed E-state index contributed by atoms with van der Waals surface area (Å²) in [5, 5.41) is 0. The lowest BCUT2D eigenvalue weighted by Crippen LogP contribution is -2.02.